The normalized spacial score (nSPS) is 20.3. The maximum atomic E-state index is 12.5. The fraction of sp³-hybridized carbons (Fsp3) is 0.346. The van der Waals surface area contributed by atoms with Crippen LogP contribution in [0.3, 0.4) is 0 Å². The first kappa shape index (κ1) is 28.4. The molecule has 11 nitrogen and oxygen atoms in total. The number of carbonyl (C=O) groups is 1. The van der Waals surface area contributed by atoms with Gasteiger partial charge in [-0.15, -0.1) is 0 Å². The van der Waals surface area contributed by atoms with Gasteiger partial charge in [0.25, 0.3) is 0 Å². The van der Waals surface area contributed by atoms with Gasteiger partial charge in [0.15, 0.2) is 0 Å². The van der Waals surface area contributed by atoms with Crippen LogP contribution in [0.15, 0.2) is 70.8 Å². The van der Waals surface area contributed by atoms with Crippen LogP contribution in [0.4, 0.5) is 22.0 Å². The summed E-state index contributed by atoms with van der Waals surface area (Å²) in [6, 6.07) is 12.5. The number of ether oxygens (including phenoxy) is 1. The molecule has 14 heteroatoms. The lowest BCUT2D eigenvalue weighted by molar-refractivity contribution is 0.0974. The number of hydrogen-bond acceptors (Lipinski definition) is 9. The molecule has 2 saturated heterocycles. The predicted molar refractivity (Wildman–Crippen MR) is 156 cm³/mol. The van der Waals surface area contributed by atoms with E-state index >= 15 is 0 Å². The van der Waals surface area contributed by atoms with Crippen LogP contribution in [0.5, 0.6) is 0 Å². The fourth-order valence-corrected chi connectivity index (χ4v) is 6.86. The maximum absolute atomic E-state index is 12.5. The minimum Gasteiger partial charge on any atom is -0.376 e. The van der Waals surface area contributed by atoms with Crippen LogP contribution in [0.1, 0.15) is 19.8 Å². The molecule has 2 amide bonds. The number of hydrogen-bond donors (Lipinski definition) is 4. The second-order valence-electron chi connectivity index (χ2n) is 9.85. The summed E-state index contributed by atoms with van der Waals surface area (Å²) in [5.74, 6) is 0.784. The van der Waals surface area contributed by atoms with Crippen LogP contribution in [0, 0.1) is 5.41 Å². The molecule has 212 valence electrons. The molecule has 0 saturated carbocycles. The Morgan fingerprint density at radius 3 is 2.52 bits per heavy atom. The van der Waals surface area contributed by atoms with Crippen molar-refractivity contribution in [2.45, 2.75) is 41.8 Å². The largest absolute Gasteiger partial charge is 0.376 e. The summed E-state index contributed by atoms with van der Waals surface area (Å²) in [5.41, 5.74) is 7.02. The Kier molecular flexibility index (Phi) is 8.38. The second kappa shape index (κ2) is 11.8. The molecule has 2 atom stereocenters. The van der Waals surface area contributed by atoms with Crippen molar-refractivity contribution in [1.29, 1.82) is 0 Å². The van der Waals surface area contributed by atoms with Gasteiger partial charge in [0.05, 0.1) is 35.8 Å². The van der Waals surface area contributed by atoms with E-state index in [4.69, 9.17) is 22.1 Å². The smallest absolute Gasteiger partial charge is 0.334 e. The maximum Gasteiger partial charge on any atom is 0.334 e. The molecule has 1 aromatic heterocycles. The minimum atomic E-state index is -4.25. The number of amides is 2. The van der Waals surface area contributed by atoms with Gasteiger partial charge in [-0.1, -0.05) is 47.6 Å². The van der Waals surface area contributed by atoms with Gasteiger partial charge in [-0.2, -0.15) is 8.42 Å². The van der Waals surface area contributed by atoms with Gasteiger partial charge in [-0.25, -0.2) is 19.5 Å². The van der Waals surface area contributed by atoms with E-state index in [1.54, 1.807) is 54.9 Å². The number of benzene rings is 2. The van der Waals surface area contributed by atoms with Crippen LogP contribution in [-0.2, 0) is 14.9 Å². The van der Waals surface area contributed by atoms with E-state index in [9.17, 15) is 13.2 Å². The van der Waals surface area contributed by atoms with Crippen molar-refractivity contribution < 1.29 is 17.9 Å². The van der Waals surface area contributed by atoms with E-state index in [1.165, 1.54) is 17.8 Å². The molecule has 5 N–H and O–H groups in total. The van der Waals surface area contributed by atoms with Crippen LogP contribution in [-0.4, -0.2) is 56.3 Å². The number of anilines is 3. The minimum absolute atomic E-state index is 0.0314. The molecule has 2 aliphatic rings. The molecule has 5 rings (SSSR count). The van der Waals surface area contributed by atoms with Crippen LogP contribution >= 0.6 is 23.4 Å². The van der Waals surface area contributed by atoms with Crippen LogP contribution in [0.2, 0.25) is 5.02 Å². The molecule has 2 aliphatic heterocycles. The van der Waals surface area contributed by atoms with Crippen molar-refractivity contribution in [2.75, 3.05) is 34.6 Å². The summed E-state index contributed by atoms with van der Waals surface area (Å²) in [6.45, 7) is 4.40. The van der Waals surface area contributed by atoms with E-state index < -0.39 is 16.2 Å². The van der Waals surface area contributed by atoms with Gasteiger partial charge in [0.2, 0.25) is 0 Å². The van der Waals surface area contributed by atoms with Crippen LogP contribution in [0.25, 0.3) is 0 Å². The van der Waals surface area contributed by atoms with Crippen molar-refractivity contribution in [3.8, 4) is 0 Å². The third-order valence-electron chi connectivity index (χ3n) is 7.23. The Labute approximate surface area is 242 Å². The SMILES string of the molecule is C[C@@H]1OCC2(CCN(c3cnc(Sc4cccc(NS(=O)(=O)NC(=O)Nc5ccccc5)c4Cl)cn3)CC2)[C@@H]1N. The zero-order valence-corrected chi connectivity index (χ0v) is 24.1. The van der Waals surface area contributed by atoms with E-state index in [0.29, 0.717) is 22.2 Å². The Morgan fingerprint density at radius 2 is 1.88 bits per heavy atom. The van der Waals surface area contributed by atoms with E-state index in [-0.39, 0.29) is 28.3 Å². The predicted octanol–water partition coefficient (Wildman–Crippen LogP) is 4.09. The number of carbonyl (C=O) groups excluding carboxylic acids is 1. The monoisotopic (exact) mass is 603 g/mol. The number of piperidine rings is 1. The number of nitrogens with zero attached hydrogens (tertiary/aromatic N) is 3. The van der Waals surface area contributed by atoms with Gasteiger partial charge in [0, 0.05) is 35.1 Å². The van der Waals surface area contributed by atoms with Gasteiger partial charge in [-0.3, -0.25) is 4.72 Å². The van der Waals surface area contributed by atoms with Gasteiger partial charge < -0.3 is 20.7 Å². The van der Waals surface area contributed by atoms with Crippen molar-refractivity contribution in [3.05, 3.63) is 65.9 Å². The Morgan fingerprint density at radius 1 is 1.12 bits per heavy atom. The number of rotatable bonds is 7. The summed E-state index contributed by atoms with van der Waals surface area (Å²) in [7, 11) is -4.25. The van der Waals surface area contributed by atoms with Crippen molar-refractivity contribution in [1.82, 2.24) is 14.7 Å². The van der Waals surface area contributed by atoms with Crippen molar-refractivity contribution in [3.63, 3.8) is 0 Å². The van der Waals surface area contributed by atoms with E-state index in [2.05, 4.69) is 24.9 Å². The lowest BCUT2D eigenvalue weighted by Gasteiger charge is -2.41. The lowest BCUT2D eigenvalue weighted by atomic mass is 9.73. The summed E-state index contributed by atoms with van der Waals surface area (Å²) in [5, 5.41) is 3.21. The lowest BCUT2D eigenvalue weighted by Crippen LogP contribution is -2.50. The highest BCUT2D eigenvalue weighted by molar-refractivity contribution is 7.99. The van der Waals surface area contributed by atoms with Crippen molar-refractivity contribution in [2.24, 2.45) is 11.1 Å². The van der Waals surface area contributed by atoms with Gasteiger partial charge >= 0.3 is 16.2 Å². The van der Waals surface area contributed by atoms with E-state index in [1.807, 2.05) is 11.6 Å². The molecule has 0 radical (unpaired) electrons. The third-order valence-corrected chi connectivity index (χ3v) is 9.67. The topological polar surface area (TPSA) is 152 Å². The molecule has 2 aromatic carbocycles. The standard InChI is InChI=1S/C26H30ClN7O4S2/c1-17-24(28)26(16-38-17)10-12-34(13-11-26)21-14-30-22(15-29-21)39-20-9-5-8-19(23(20)27)32-40(36,37)33-25(35)31-18-6-3-2-4-7-18/h2-9,14-15,17,24,32H,10-13,16,28H2,1H3,(H2,31,33,35)/t17-,24+/m0/s1. The first-order valence-corrected chi connectivity index (χ1v) is 15.4. The zero-order valence-electron chi connectivity index (χ0n) is 21.7. The second-order valence-corrected chi connectivity index (χ2v) is 12.7. The van der Waals surface area contributed by atoms with E-state index in [0.717, 1.165) is 31.7 Å². The number of halogens is 1. The van der Waals surface area contributed by atoms with Gasteiger partial charge in [0.1, 0.15) is 10.8 Å². The molecule has 40 heavy (non-hydrogen) atoms. The first-order valence-electron chi connectivity index (χ1n) is 12.7. The van der Waals surface area contributed by atoms with Gasteiger partial charge in [-0.05, 0) is 44.0 Å². The molecular weight excluding hydrogens is 574 g/mol. The fourth-order valence-electron chi connectivity index (χ4n) is 4.93. The Hall–Kier alpha value is -3.10. The Balaban J connectivity index is 1.19. The average molecular weight is 604 g/mol. The highest BCUT2D eigenvalue weighted by atomic mass is 35.5. The molecule has 0 aliphatic carbocycles. The molecule has 0 unspecified atom stereocenters. The highest BCUT2D eigenvalue weighted by Gasteiger charge is 2.47. The summed E-state index contributed by atoms with van der Waals surface area (Å²) >= 11 is 7.76. The molecule has 0 bridgehead atoms. The number of nitrogens with two attached hydrogens (primary N) is 1. The number of urea groups is 1. The summed E-state index contributed by atoms with van der Waals surface area (Å²) in [6.07, 6.45) is 5.36. The Bertz CT molecular complexity index is 1450. The zero-order chi connectivity index (χ0) is 28.3. The number of nitrogens with one attached hydrogen (secondary N) is 3. The number of para-hydroxylation sites is 1. The molecule has 1 spiro atoms. The summed E-state index contributed by atoms with van der Waals surface area (Å²) < 4.78 is 35.1. The first-order chi connectivity index (χ1) is 19.1. The third kappa shape index (κ3) is 6.44. The summed E-state index contributed by atoms with van der Waals surface area (Å²) in [4.78, 5) is 24.0. The quantitative estimate of drug-likeness (QED) is 0.313. The molecular formula is C26H30ClN7O4S2. The van der Waals surface area contributed by atoms with Crippen LogP contribution < -0.4 is 25.4 Å². The molecule has 3 aromatic rings. The van der Waals surface area contributed by atoms with Crippen molar-refractivity contribution >= 4 is 56.8 Å². The molecule has 3 heterocycles. The number of aromatic nitrogens is 2. The highest BCUT2D eigenvalue weighted by Crippen LogP contribution is 2.42. The molecule has 2 fully saturated rings. The average Bonchev–Trinajstić information content (AvgIpc) is 3.20.